The summed E-state index contributed by atoms with van der Waals surface area (Å²) in [6.45, 7) is 2.12. The van der Waals surface area contributed by atoms with Gasteiger partial charge in [0.2, 0.25) is 11.7 Å². The van der Waals surface area contributed by atoms with Crippen LogP contribution in [0.15, 0.2) is 59.1 Å². The second-order valence-electron chi connectivity index (χ2n) is 5.06. The summed E-state index contributed by atoms with van der Waals surface area (Å²) < 4.78 is 10.7. The Labute approximate surface area is 129 Å². The van der Waals surface area contributed by atoms with Crippen molar-refractivity contribution in [2.75, 3.05) is 7.11 Å². The van der Waals surface area contributed by atoms with Crippen molar-refractivity contribution < 1.29 is 9.26 Å². The van der Waals surface area contributed by atoms with Crippen molar-refractivity contribution in [3.63, 3.8) is 0 Å². The molecule has 0 spiro atoms. The molecule has 3 rings (SSSR count). The summed E-state index contributed by atoms with van der Waals surface area (Å²) in [6.07, 6.45) is 0.907. The summed E-state index contributed by atoms with van der Waals surface area (Å²) in [5.41, 5.74) is 2.07. The van der Waals surface area contributed by atoms with Crippen LogP contribution in [-0.2, 0) is 0 Å². The normalized spacial score (nSPS) is 12.1. The fourth-order valence-corrected chi connectivity index (χ4v) is 2.49. The molecule has 0 N–H and O–H groups in total. The van der Waals surface area contributed by atoms with Crippen LogP contribution >= 0.6 is 0 Å². The zero-order valence-electron chi connectivity index (χ0n) is 12.7. The maximum atomic E-state index is 5.50. The highest BCUT2D eigenvalue weighted by Crippen LogP contribution is 2.29. The van der Waals surface area contributed by atoms with Crippen LogP contribution < -0.4 is 4.74 Å². The van der Waals surface area contributed by atoms with Crippen molar-refractivity contribution in [2.45, 2.75) is 19.3 Å². The molecule has 0 saturated heterocycles. The Morgan fingerprint density at radius 1 is 1.09 bits per heavy atom. The highest BCUT2D eigenvalue weighted by molar-refractivity contribution is 5.57. The first-order chi connectivity index (χ1) is 10.8. The van der Waals surface area contributed by atoms with Gasteiger partial charge < -0.3 is 9.26 Å². The van der Waals surface area contributed by atoms with Crippen molar-refractivity contribution in [1.82, 2.24) is 10.1 Å². The van der Waals surface area contributed by atoms with E-state index in [1.54, 1.807) is 7.11 Å². The van der Waals surface area contributed by atoms with Gasteiger partial charge in [0.25, 0.3) is 0 Å². The van der Waals surface area contributed by atoms with Crippen molar-refractivity contribution in [1.29, 1.82) is 0 Å². The molecule has 22 heavy (non-hydrogen) atoms. The molecule has 1 heterocycles. The van der Waals surface area contributed by atoms with E-state index in [2.05, 4.69) is 29.2 Å². The lowest BCUT2D eigenvalue weighted by Gasteiger charge is -2.09. The second-order valence-corrected chi connectivity index (χ2v) is 5.06. The number of hydrogen-bond donors (Lipinski definition) is 0. The van der Waals surface area contributed by atoms with Crippen molar-refractivity contribution in [3.8, 4) is 17.1 Å². The highest BCUT2D eigenvalue weighted by atomic mass is 16.5. The molecule has 0 aliphatic heterocycles. The van der Waals surface area contributed by atoms with Crippen molar-refractivity contribution >= 4 is 0 Å². The van der Waals surface area contributed by atoms with Gasteiger partial charge in [0, 0.05) is 5.56 Å². The number of nitrogens with zero attached hydrogens (tertiary/aromatic N) is 2. The third-order valence-corrected chi connectivity index (χ3v) is 3.68. The lowest BCUT2D eigenvalue weighted by Crippen LogP contribution is -1.99. The number of hydrogen-bond acceptors (Lipinski definition) is 4. The molecule has 1 atom stereocenters. The number of aromatic nitrogens is 2. The summed E-state index contributed by atoms with van der Waals surface area (Å²) in [6, 6.07) is 17.9. The van der Waals surface area contributed by atoms with Gasteiger partial charge in [-0.15, -0.1) is 0 Å². The van der Waals surface area contributed by atoms with Crippen LogP contribution in [-0.4, -0.2) is 17.3 Å². The average molecular weight is 294 g/mol. The molecule has 1 aromatic heterocycles. The van der Waals surface area contributed by atoms with E-state index < -0.39 is 0 Å². The Morgan fingerprint density at radius 3 is 2.64 bits per heavy atom. The lowest BCUT2D eigenvalue weighted by molar-refractivity contribution is 0.363. The van der Waals surface area contributed by atoms with Gasteiger partial charge in [-0.05, 0) is 24.1 Å². The molecular formula is C18H18N2O2. The SMILES string of the molecule is CC[C@@H](c1ccccc1)c1nc(-c2cccc(OC)c2)no1. The third kappa shape index (κ3) is 2.86. The van der Waals surface area contributed by atoms with E-state index in [-0.39, 0.29) is 5.92 Å². The predicted octanol–water partition coefficient (Wildman–Crippen LogP) is 4.29. The molecule has 2 aromatic carbocycles. The van der Waals surface area contributed by atoms with Crippen LogP contribution in [0.4, 0.5) is 0 Å². The molecule has 3 aromatic rings. The van der Waals surface area contributed by atoms with Crippen molar-refractivity contribution in [3.05, 3.63) is 66.1 Å². The topological polar surface area (TPSA) is 48.2 Å². The van der Waals surface area contributed by atoms with Gasteiger partial charge in [-0.1, -0.05) is 54.5 Å². The largest absolute Gasteiger partial charge is 0.497 e. The van der Waals surface area contributed by atoms with Gasteiger partial charge in [-0.3, -0.25) is 0 Å². The van der Waals surface area contributed by atoms with Crippen LogP contribution in [0, 0.1) is 0 Å². The minimum absolute atomic E-state index is 0.119. The molecule has 0 saturated carbocycles. The van der Waals surface area contributed by atoms with E-state index in [0.717, 1.165) is 17.7 Å². The highest BCUT2D eigenvalue weighted by Gasteiger charge is 2.19. The summed E-state index contributed by atoms with van der Waals surface area (Å²) in [5.74, 6) is 2.13. The van der Waals surface area contributed by atoms with Crippen LogP contribution in [0.3, 0.4) is 0 Å². The summed E-state index contributed by atoms with van der Waals surface area (Å²) in [5, 5.41) is 4.11. The Kier molecular flexibility index (Phi) is 4.19. The van der Waals surface area contributed by atoms with Gasteiger partial charge in [0.05, 0.1) is 13.0 Å². The van der Waals surface area contributed by atoms with E-state index in [9.17, 15) is 0 Å². The molecule has 0 aliphatic rings. The van der Waals surface area contributed by atoms with Gasteiger partial charge >= 0.3 is 0 Å². The third-order valence-electron chi connectivity index (χ3n) is 3.68. The van der Waals surface area contributed by atoms with Gasteiger partial charge in [0.1, 0.15) is 5.75 Å². The second kappa shape index (κ2) is 6.43. The van der Waals surface area contributed by atoms with Crippen LogP contribution in [0.25, 0.3) is 11.4 Å². The number of methoxy groups -OCH3 is 1. The zero-order chi connectivity index (χ0) is 15.4. The van der Waals surface area contributed by atoms with Crippen molar-refractivity contribution in [2.24, 2.45) is 0 Å². The maximum Gasteiger partial charge on any atom is 0.234 e. The number of rotatable bonds is 5. The van der Waals surface area contributed by atoms with E-state index in [1.165, 1.54) is 5.56 Å². The Hall–Kier alpha value is -2.62. The van der Waals surface area contributed by atoms with E-state index in [1.807, 2.05) is 42.5 Å². The fourth-order valence-electron chi connectivity index (χ4n) is 2.49. The first-order valence-electron chi connectivity index (χ1n) is 7.34. The zero-order valence-corrected chi connectivity index (χ0v) is 12.7. The molecule has 4 nitrogen and oxygen atoms in total. The van der Waals surface area contributed by atoms with Gasteiger partial charge in [0.15, 0.2) is 0 Å². The molecule has 0 fully saturated rings. The minimum Gasteiger partial charge on any atom is -0.497 e. The molecule has 0 bridgehead atoms. The maximum absolute atomic E-state index is 5.50. The van der Waals surface area contributed by atoms with E-state index in [4.69, 9.17) is 9.26 Å². The van der Waals surface area contributed by atoms with Crippen LogP contribution in [0.5, 0.6) is 5.75 Å². The summed E-state index contributed by atoms with van der Waals surface area (Å²) >= 11 is 0. The van der Waals surface area contributed by atoms with Crippen LogP contribution in [0.1, 0.15) is 30.7 Å². The molecule has 112 valence electrons. The van der Waals surface area contributed by atoms with Gasteiger partial charge in [-0.25, -0.2) is 0 Å². The molecule has 0 aliphatic carbocycles. The molecular weight excluding hydrogens is 276 g/mol. The summed E-state index contributed by atoms with van der Waals surface area (Å²) in [4.78, 5) is 4.57. The quantitative estimate of drug-likeness (QED) is 0.704. The minimum atomic E-state index is 0.119. The van der Waals surface area contributed by atoms with E-state index >= 15 is 0 Å². The monoisotopic (exact) mass is 294 g/mol. The molecule has 0 amide bonds. The van der Waals surface area contributed by atoms with Gasteiger partial charge in [-0.2, -0.15) is 4.98 Å². The Bertz CT molecular complexity index is 738. The van der Waals surface area contributed by atoms with Crippen LogP contribution in [0.2, 0.25) is 0 Å². The standard InChI is InChI=1S/C18H18N2O2/c1-3-16(13-8-5-4-6-9-13)18-19-17(20-22-18)14-10-7-11-15(12-14)21-2/h4-12,16H,3H2,1-2H3/t16-/m0/s1. The summed E-state index contributed by atoms with van der Waals surface area (Å²) in [7, 11) is 1.64. The number of ether oxygens (including phenoxy) is 1. The first-order valence-corrected chi connectivity index (χ1v) is 7.34. The van der Waals surface area contributed by atoms with E-state index in [0.29, 0.717) is 11.7 Å². The molecule has 0 radical (unpaired) electrons. The predicted molar refractivity (Wildman–Crippen MR) is 84.9 cm³/mol. The number of benzene rings is 2. The Balaban J connectivity index is 1.92. The average Bonchev–Trinajstić information content (AvgIpc) is 3.06. The Morgan fingerprint density at radius 2 is 1.91 bits per heavy atom. The first kappa shape index (κ1) is 14.3. The molecule has 4 heteroatoms. The fraction of sp³-hybridized carbons (Fsp3) is 0.222. The smallest absolute Gasteiger partial charge is 0.234 e. The lowest BCUT2D eigenvalue weighted by atomic mass is 9.96. The molecule has 0 unspecified atom stereocenters.